The first-order chi connectivity index (χ1) is 11.2. The van der Waals surface area contributed by atoms with Gasteiger partial charge in [-0.1, -0.05) is 13.3 Å². The predicted octanol–water partition coefficient (Wildman–Crippen LogP) is 3.59. The Balaban J connectivity index is 1.79. The lowest BCUT2D eigenvalue weighted by molar-refractivity contribution is -0.548. The van der Waals surface area contributed by atoms with E-state index in [4.69, 9.17) is 14.2 Å². The van der Waals surface area contributed by atoms with Gasteiger partial charge in [0.15, 0.2) is 17.5 Å². The summed E-state index contributed by atoms with van der Waals surface area (Å²) in [5, 5.41) is 0. The van der Waals surface area contributed by atoms with E-state index in [0.717, 1.165) is 6.42 Å². The number of ether oxygens (including phenoxy) is 4. The SMILES string of the molecule is CCCC12COC(C(F)(F)Oc3cc(F)c(F)c(F)c3)(OC1)OC2. The van der Waals surface area contributed by atoms with E-state index in [-0.39, 0.29) is 19.8 Å². The minimum absolute atomic E-state index is 0.0219. The quantitative estimate of drug-likeness (QED) is 0.598. The van der Waals surface area contributed by atoms with Crippen LogP contribution in [-0.4, -0.2) is 31.9 Å². The molecule has 1 aromatic rings. The molecule has 0 atom stereocenters. The Morgan fingerprint density at radius 3 is 2.00 bits per heavy atom. The van der Waals surface area contributed by atoms with Crippen molar-refractivity contribution in [2.75, 3.05) is 19.8 Å². The van der Waals surface area contributed by atoms with E-state index in [1.54, 1.807) is 0 Å². The number of fused-ring (bicyclic) bond motifs is 3. The van der Waals surface area contributed by atoms with Crippen molar-refractivity contribution in [1.29, 1.82) is 0 Å². The molecule has 9 heteroatoms. The van der Waals surface area contributed by atoms with Gasteiger partial charge in [0.05, 0.1) is 19.8 Å². The first-order valence-corrected chi connectivity index (χ1v) is 7.36. The van der Waals surface area contributed by atoms with E-state index in [0.29, 0.717) is 18.6 Å². The molecule has 3 saturated heterocycles. The molecule has 1 aromatic carbocycles. The smallest absolute Gasteiger partial charge is 0.426 e. The van der Waals surface area contributed by atoms with Crippen LogP contribution in [0.25, 0.3) is 0 Å². The van der Waals surface area contributed by atoms with E-state index in [9.17, 15) is 22.0 Å². The first-order valence-electron chi connectivity index (χ1n) is 7.36. The highest BCUT2D eigenvalue weighted by atomic mass is 19.3. The molecule has 0 aliphatic carbocycles. The summed E-state index contributed by atoms with van der Waals surface area (Å²) >= 11 is 0. The van der Waals surface area contributed by atoms with Crippen molar-refractivity contribution >= 4 is 0 Å². The van der Waals surface area contributed by atoms with Crippen LogP contribution in [0.4, 0.5) is 22.0 Å². The Labute approximate surface area is 134 Å². The van der Waals surface area contributed by atoms with Gasteiger partial charge in [0.1, 0.15) is 5.75 Å². The third-order valence-electron chi connectivity index (χ3n) is 4.05. The third kappa shape index (κ3) is 2.74. The topological polar surface area (TPSA) is 36.9 Å². The van der Waals surface area contributed by atoms with Crippen LogP contribution in [0, 0.1) is 22.9 Å². The monoisotopic (exact) mass is 354 g/mol. The van der Waals surface area contributed by atoms with Gasteiger partial charge in [0.2, 0.25) is 0 Å². The molecule has 0 spiro atoms. The van der Waals surface area contributed by atoms with Crippen LogP contribution in [0.15, 0.2) is 12.1 Å². The van der Waals surface area contributed by atoms with Crippen molar-refractivity contribution < 1.29 is 40.9 Å². The lowest BCUT2D eigenvalue weighted by Gasteiger charge is -2.52. The van der Waals surface area contributed by atoms with E-state index < -0.39 is 40.7 Å². The minimum atomic E-state index is -4.21. The van der Waals surface area contributed by atoms with Crippen molar-refractivity contribution in [2.45, 2.75) is 31.8 Å². The Morgan fingerprint density at radius 1 is 1.04 bits per heavy atom. The molecule has 0 unspecified atom stereocenters. The number of halogens is 5. The molecule has 3 aliphatic heterocycles. The molecule has 134 valence electrons. The molecular formula is C15H15F5O4. The molecule has 4 nitrogen and oxygen atoms in total. The zero-order chi connectivity index (χ0) is 17.6. The molecule has 0 saturated carbocycles. The zero-order valence-electron chi connectivity index (χ0n) is 12.7. The summed E-state index contributed by atoms with van der Waals surface area (Å²) in [6.45, 7) is 1.87. The fraction of sp³-hybridized carbons (Fsp3) is 0.600. The van der Waals surface area contributed by atoms with Crippen molar-refractivity contribution in [2.24, 2.45) is 5.41 Å². The highest BCUT2D eigenvalue weighted by Crippen LogP contribution is 2.48. The van der Waals surface area contributed by atoms with Gasteiger partial charge in [0.25, 0.3) is 0 Å². The van der Waals surface area contributed by atoms with E-state index in [1.807, 2.05) is 6.92 Å². The molecule has 0 amide bonds. The van der Waals surface area contributed by atoms with Crippen LogP contribution < -0.4 is 4.74 Å². The van der Waals surface area contributed by atoms with Crippen molar-refractivity contribution in [1.82, 2.24) is 0 Å². The largest absolute Gasteiger partial charge is 0.484 e. The Bertz CT molecular complexity index is 589. The minimum Gasteiger partial charge on any atom is -0.426 e. The fourth-order valence-electron chi connectivity index (χ4n) is 2.79. The molecule has 0 N–H and O–H groups in total. The maximum atomic E-state index is 14.4. The fourth-order valence-corrected chi connectivity index (χ4v) is 2.79. The average molecular weight is 354 g/mol. The predicted molar refractivity (Wildman–Crippen MR) is 69.8 cm³/mol. The van der Waals surface area contributed by atoms with E-state index in [1.165, 1.54) is 0 Å². The van der Waals surface area contributed by atoms with Crippen molar-refractivity contribution in [3.63, 3.8) is 0 Å². The van der Waals surface area contributed by atoms with Gasteiger partial charge in [-0.25, -0.2) is 13.2 Å². The van der Waals surface area contributed by atoms with Crippen LogP contribution in [0.2, 0.25) is 0 Å². The van der Waals surface area contributed by atoms with Gasteiger partial charge in [-0.3, -0.25) is 0 Å². The van der Waals surface area contributed by atoms with Gasteiger partial charge in [0, 0.05) is 17.5 Å². The molecule has 24 heavy (non-hydrogen) atoms. The summed E-state index contributed by atoms with van der Waals surface area (Å²) in [5.41, 5.74) is -0.499. The summed E-state index contributed by atoms with van der Waals surface area (Å²) in [5.74, 6) is -8.82. The molecule has 0 radical (unpaired) electrons. The second-order valence-corrected chi connectivity index (χ2v) is 5.99. The normalized spacial score (nSPS) is 29.8. The lowest BCUT2D eigenvalue weighted by atomic mass is 9.84. The summed E-state index contributed by atoms with van der Waals surface area (Å²) in [7, 11) is 0. The van der Waals surface area contributed by atoms with E-state index in [2.05, 4.69) is 4.74 Å². The van der Waals surface area contributed by atoms with Gasteiger partial charge in [-0.15, -0.1) is 0 Å². The standard InChI is InChI=1S/C15H15F5O4/c1-2-3-13-6-21-15(22-7-13,23-8-13)14(19,20)24-9-4-10(16)12(18)11(17)5-9/h4-5H,2-3,6-8H2,1H3. The molecule has 2 bridgehead atoms. The summed E-state index contributed by atoms with van der Waals surface area (Å²) in [6.07, 6.45) is -2.74. The molecule has 3 heterocycles. The molecular weight excluding hydrogens is 339 g/mol. The van der Waals surface area contributed by atoms with Gasteiger partial charge < -0.3 is 18.9 Å². The maximum absolute atomic E-state index is 14.4. The van der Waals surface area contributed by atoms with Crippen LogP contribution in [0.3, 0.4) is 0 Å². The summed E-state index contributed by atoms with van der Waals surface area (Å²) < 4.78 is 87.5. The Kier molecular flexibility index (Phi) is 4.21. The maximum Gasteiger partial charge on any atom is 0.484 e. The lowest BCUT2D eigenvalue weighted by Crippen LogP contribution is -2.68. The number of benzene rings is 1. The second kappa shape index (κ2) is 5.82. The average Bonchev–Trinajstić information content (AvgIpc) is 2.54. The highest BCUT2D eigenvalue weighted by molar-refractivity contribution is 5.25. The molecule has 0 aromatic heterocycles. The van der Waals surface area contributed by atoms with Crippen molar-refractivity contribution in [3.05, 3.63) is 29.6 Å². The van der Waals surface area contributed by atoms with Gasteiger partial charge in [-0.05, 0) is 6.42 Å². The van der Waals surface area contributed by atoms with Crippen molar-refractivity contribution in [3.8, 4) is 5.75 Å². The van der Waals surface area contributed by atoms with E-state index >= 15 is 0 Å². The van der Waals surface area contributed by atoms with Crippen LogP contribution in [0.1, 0.15) is 19.8 Å². The number of alkyl halides is 2. The molecule has 3 aliphatic rings. The molecule has 4 rings (SSSR count). The zero-order valence-corrected chi connectivity index (χ0v) is 12.7. The summed E-state index contributed by atoms with van der Waals surface area (Å²) in [4.78, 5) is 0. The van der Waals surface area contributed by atoms with Gasteiger partial charge in [-0.2, -0.15) is 8.78 Å². The van der Waals surface area contributed by atoms with Gasteiger partial charge >= 0.3 is 12.1 Å². The first kappa shape index (κ1) is 17.4. The Morgan fingerprint density at radius 2 is 1.54 bits per heavy atom. The number of rotatable bonds is 5. The third-order valence-corrected chi connectivity index (χ3v) is 4.05. The second-order valence-electron chi connectivity index (χ2n) is 5.99. The highest BCUT2D eigenvalue weighted by Gasteiger charge is 2.68. The number of hydrogen-bond acceptors (Lipinski definition) is 4. The number of hydrogen-bond donors (Lipinski definition) is 0. The Hall–Kier alpha value is -1.45. The van der Waals surface area contributed by atoms with Crippen LogP contribution >= 0.6 is 0 Å². The van der Waals surface area contributed by atoms with Crippen LogP contribution in [0.5, 0.6) is 5.75 Å². The van der Waals surface area contributed by atoms with Crippen LogP contribution in [-0.2, 0) is 14.2 Å². The summed E-state index contributed by atoms with van der Waals surface area (Å²) in [6, 6.07) is 0.603. The molecule has 3 fully saturated rings.